The lowest BCUT2D eigenvalue weighted by atomic mass is 10.1. The number of aromatic amines is 1. The average molecular weight is 377 g/mol. The van der Waals surface area contributed by atoms with Crippen LogP contribution in [0.1, 0.15) is 13.8 Å². The molecule has 0 atom stereocenters. The van der Waals surface area contributed by atoms with Gasteiger partial charge in [-0.15, -0.1) is 0 Å². The van der Waals surface area contributed by atoms with Gasteiger partial charge in [0.1, 0.15) is 17.9 Å². The van der Waals surface area contributed by atoms with Gasteiger partial charge in [-0.25, -0.2) is 14.4 Å². The summed E-state index contributed by atoms with van der Waals surface area (Å²) in [6.07, 6.45) is 1.49. The molecule has 28 heavy (non-hydrogen) atoms. The second-order valence-corrected chi connectivity index (χ2v) is 7.00. The highest BCUT2D eigenvalue weighted by atomic mass is 19.1. The third kappa shape index (κ3) is 3.51. The number of halogens is 1. The number of anilines is 1. The van der Waals surface area contributed by atoms with Gasteiger partial charge >= 0.3 is 0 Å². The number of nitrogen functional groups attached to an aromatic ring is 1. The molecule has 142 valence electrons. The van der Waals surface area contributed by atoms with E-state index in [2.05, 4.69) is 20.2 Å². The number of aromatic nitrogens is 4. The summed E-state index contributed by atoms with van der Waals surface area (Å²) in [5.41, 5.74) is 9.76. The molecule has 0 aliphatic carbocycles. The average Bonchev–Trinajstić information content (AvgIpc) is 3.07. The van der Waals surface area contributed by atoms with Gasteiger partial charge in [-0.3, -0.25) is 5.10 Å². The number of fused-ring (bicyclic) bond motifs is 1. The Bertz CT molecular complexity index is 1140. The van der Waals surface area contributed by atoms with E-state index in [0.717, 1.165) is 27.7 Å². The number of nitrogens with one attached hydrogen (secondary N) is 1. The maximum Gasteiger partial charge on any atom is 0.153 e. The zero-order valence-electron chi connectivity index (χ0n) is 15.6. The molecule has 0 spiro atoms. The minimum absolute atomic E-state index is 0.323. The summed E-state index contributed by atoms with van der Waals surface area (Å²) in [6, 6.07) is 12.1. The lowest BCUT2D eigenvalue weighted by Crippen LogP contribution is -2.06. The Morgan fingerprint density at radius 3 is 2.71 bits per heavy atom. The third-order valence-electron chi connectivity index (χ3n) is 4.35. The van der Waals surface area contributed by atoms with Crippen LogP contribution in [0.4, 0.5) is 10.2 Å². The summed E-state index contributed by atoms with van der Waals surface area (Å²) >= 11 is 0. The predicted octanol–water partition coefficient (Wildman–Crippen LogP) is 4.44. The minimum atomic E-state index is -0.349. The first-order valence-electron chi connectivity index (χ1n) is 9.00. The number of nitrogens with zero attached hydrogens (tertiary/aromatic N) is 3. The van der Waals surface area contributed by atoms with Gasteiger partial charge in [-0.1, -0.05) is 19.9 Å². The van der Waals surface area contributed by atoms with E-state index < -0.39 is 0 Å². The molecule has 6 nitrogen and oxygen atoms in total. The van der Waals surface area contributed by atoms with Gasteiger partial charge in [0, 0.05) is 22.6 Å². The van der Waals surface area contributed by atoms with E-state index >= 15 is 0 Å². The van der Waals surface area contributed by atoms with E-state index in [0.29, 0.717) is 29.8 Å². The zero-order chi connectivity index (χ0) is 19.7. The Labute approximate surface area is 161 Å². The number of benzene rings is 2. The van der Waals surface area contributed by atoms with Crippen molar-refractivity contribution in [3.05, 3.63) is 54.6 Å². The molecule has 0 unspecified atom stereocenters. The monoisotopic (exact) mass is 377 g/mol. The predicted molar refractivity (Wildman–Crippen MR) is 107 cm³/mol. The van der Waals surface area contributed by atoms with Crippen LogP contribution in [-0.4, -0.2) is 26.8 Å². The van der Waals surface area contributed by atoms with Crippen molar-refractivity contribution in [2.75, 3.05) is 12.3 Å². The van der Waals surface area contributed by atoms with Crippen molar-refractivity contribution in [1.29, 1.82) is 0 Å². The fraction of sp³-hybridized carbons (Fsp3) is 0.190. The second kappa shape index (κ2) is 7.26. The fourth-order valence-electron chi connectivity index (χ4n) is 2.94. The van der Waals surface area contributed by atoms with Crippen molar-refractivity contribution in [2.24, 2.45) is 5.92 Å². The number of ether oxygens (including phenoxy) is 1. The second-order valence-electron chi connectivity index (χ2n) is 7.00. The smallest absolute Gasteiger partial charge is 0.153 e. The van der Waals surface area contributed by atoms with Gasteiger partial charge in [-0.05, 0) is 36.2 Å². The van der Waals surface area contributed by atoms with Crippen molar-refractivity contribution >= 4 is 16.7 Å². The molecule has 0 aliphatic rings. The van der Waals surface area contributed by atoms with E-state index in [-0.39, 0.29) is 5.82 Å². The Morgan fingerprint density at radius 1 is 1.07 bits per heavy atom. The van der Waals surface area contributed by atoms with Crippen LogP contribution in [0.2, 0.25) is 0 Å². The lowest BCUT2D eigenvalue weighted by Gasteiger charge is -2.13. The Morgan fingerprint density at radius 2 is 1.89 bits per heavy atom. The van der Waals surface area contributed by atoms with Crippen molar-refractivity contribution in [2.45, 2.75) is 13.8 Å². The van der Waals surface area contributed by atoms with Gasteiger partial charge in [0.2, 0.25) is 0 Å². The van der Waals surface area contributed by atoms with E-state index in [4.69, 9.17) is 10.5 Å². The summed E-state index contributed by atoms with van der Waals surface area (Å²) in [5.74, 6) is 0.879. The molecule has 0 bridgehead atoms. The molecule has 2 heterocycles. The fourth-order valence-corrected chi connectivity index (χ4v) is 2.94. The van der Waals surface area contributed by atoms with Crippen molar-refractivity contribution in [3.63, 3.8) is 0 Å². The van der Waals surface area contributed by atoms with Crippen LogP contribution in [0.15, 0.2) is 48.8 Å². The maximum absolute atomic E-state index is 13.8. The molecule has 3 N–H and O–H groups in total. The summed E-state index contributed by atoms with van der Waals surface area (Å²) in [7, 11) is 0. The zero-order valence-corrected chi connectivity index (χ0v) is 15.6. The van der Waals surface area contributed by atoms with Gasteiger partial charge in [0.25, 0.3) is 0 Å². The van der Waals surface area contributed by atoms with Gasteiger partial charge < -0.3 is 10.5 Å². The van der Waals surface area contributed by atoms with E-state index in [9.17, 15) is 4.39 Å². The number of hydrogen-bond donors (Lipinski definition) is 2. The molecule has 0 radical (unpaired) electrons. The standard InChI is InChI=1S/C21H20FN5O/c1-12(2)10-28-20-8-14(22)4-5-15(20)19-9-18(24-11-25-19)13-3-6-17-16(7-13)21(23)27-26-17/h3-9,11-12H,10H2,1-2H3,(H3,23,26,27). The summed E-state index contributed by atoms with van der Waals surface area (Å²) in [6.45, 7) is 4.57. The Kier molecular flexibility index (Phi) is 4.65. The van der Waals surface area contributed by atoms with E-state index in [1.54, 1.807) is 6.07 Å². The molecule has 2 aromatic carbocycles. The molecule has 4 aromatic rings. The molecule has 7 heteroatoms. The highest BCUT2D eigenvalue weighted by molar-refractivity contribution is 5.92. The third-order valence-corrected chi connectivity index (χ3v) is 4.35. The molecule has 4 rings (SSSR count). The number of nitrogens with two attached hydrogens (primary N) is 1. The number of H-pyrrole nitrogens is 1. The summed E-state index contributed by atoms with van der Waals surface area (Å²) in [5, 5.41) is 7.73. The first kappa shape index (κ1) is 17.9. The first-order chi connectivity index (χ1) is 13.5. The molecular formula is C21H20FN5O. The normalized spacial score (nSPS) is 11.3. The minimum Gasteiger partial charge on any atom is -0.493 e. The molecular weight excluding hydrogens is 357 g/mol. The van der Waals surface area contributed by atoms with Gasteiger partial charge in [0.15, 0.2) is 5.82 Å². The quantitative estimate of drug-likeness (QED) is 0.536. The highest BCUT2D eigenvalue weighted by Gasteiger charge is 2.13. The molecule has 0 fully saturated rings. The van der Waals surface area contributed by atoms with Crippen molar-refractivity contribution in [1.82, 2.24) is 20.2 Å². The maximum atomic E-state index is 13.8. The molecule has 0 amide bonds. The number of rotatable bonds is 5. The molecule has 0 saturated heterocycles. The SMILES string of the molecule is CC(C)COc1cc(F)ccc1-c1cc(-c2ccc3[nH]nc(N)c3c2)ncn1. The summed E-state index contributed by atoms with van der Waals surface area (Å²) < 4.78 is 19.6. The van der Waals surface area contributed by atoms with Crippen molar-refractivity contribution in [3.8, 4) is 28.3 Å². The van der Waals surface area contributed by atoms with Crippen LogP contribution in [-0.2, 0) is 0 Å². The van der Waals surface area contributed by atoms with Crippen LogP contribution >= 0.6 is 0 Å². The van der Waals surface area contributed by atoms with Crippen molar-refractivity contribution < 1.29 is 9.13 Å². The first-order valence-corrected chi connectivity index (χ1v) is 9.00. The van der Waals surface area contributed by atoms with Crippen LogP contribution in [0.5, 0.6) is 5.75 Å². The lowest BCUT2D eigenvalue weighted by molar-refractivity contribution is 0.271. The Hall–Kier alpha value is -3.48. The van der Waals surface area contributed by atoms with Gasteiger partial charge in [0.05, 0.1) is 23.5 Å². The van der Waals surface area contributed by atoms with Crippen LogP contribution < -0.4 is 10.5 Å². The largest absolute Gasteiger partial charge is 0.493 e. The van der Waals surface area contributed by atoms with Gasteiger partial charge in [-0.2, -0.15) is 5.10 Å². The molecule has 0 saturated carbocycles. The van der Waals surface area contributed by atoms with E-state index in [1.165, 1.54) is 18.5 Å². The molecule has 2 aromatic heterocycles. The summed E-state index contributed by atoms with van der Waals surface area (Å²) in [4.78, 5) is 8.75. The van der Waals surface area contributed by atoms with Crippen LogP contribution in [0.3, 0.4) is 0 Å². The molecule has 0 aliphatic heterocycles. The van der Waals surface area contributed by atoms with Crippen LogP contribution in [0, 0.1) is 11.7 Å². The topological polar surface area (TPSA) is 89.7 Å². The highest BCUT2D eigenvalue weighted by Crippen LogP contribution is 2.32. The van der Waals surface area contributed by atoms with E-state index in [1.807, 2.05) is 38.1 Å². The van der Waals surface area contributed by atoms with Crippen LogP contribution in [0.25, 0.3) is 33.4 Å². The number of hydrogen-bond acceptors (Lipinski definition) is 5. The Balaban J connectivity index is 1.75.